The molecule has 0 aliphatic carbocycles. The van der Waals surface area contributed by atoms with E-state index in [-0.39, 0.29) is 12.7 Å². The molecule has 19 heavy (non-hydrogen) atoms. The zero-order valence-electron chi connectivity index (χ0n) is 10.7. The van der Waals surface area contributed by atoms with Crippen LogP contribution in [0.5, 0.6) is 5.75 Å². The molecule has 0 spiro atoms. The summed E-state index contributed by atoms with van der Waals surface area (Å²) in [4.78, 5) is 6.72. The first-order valence-corrected chi connectivity index (χ1v) is 7.16. The van der Waals surface area contributed by atoms with Crippen molar-refractivity contribution < 1.29 is 9.84 Å². The van der Waals surface area contributed by atoms with Gasteiger partial charge in [0.05, 0.1) is 25.4 Å². The van der Waals surface area contributed by atoms with Crippen molar-refractivity contribution in [2.45, 2.75) is 19.6 Å². The smallest absolute Gasteiger partial charge is 0.143 e. The third-order valence-corrected chi connectivity index (χ3v) is 4.07. The standard InChI is InChI=1S/C14H16N2O2S/c1-10-9-19-14(15-10)7-16-6-11(8-17)18-13-5-3-2-4-12(13)16/h2-5,9,11,17H,6-8H2,1H3. The van der Waals surface area contributed by atoms with Crippen molar-refractivity contribution in [2.75, 3.05) is 18.1 Å². The highest BCUT2D eigenvalue weighted by Gasteiger charge is 2.25. The lowest BCUT2D eigenvalue weighted by Crippen LogP contribution is -2.41. The summed E-state index contributed by atoms with van der Waals surface area (Å²) in [5.74, 6) is 0.834. The van der Waals surface area contributed by atoms with Crippen molar-refractivity contribution in [3.63, 3.8) is 0 Å². The highest BCUT2D eigenvalue weighted by atomic mass is 32.1. The van der Waals surface area contributed by atoms with Crippen LogP contribution in [0, 0.1) is 6.92 Å². The van der Waals surface area contributed by atoms with E-state index in [0.29, 0.717) is 6.54 Å². The van der Waals surface area contributed by atoms with Crippen LogP contribution in [0.1, 0.15) is 10.7 Å². The molecule has 3 rings (SSSR count). The topological polar surface area (TPSA) is 45.6 Å². The van der Waals surface area contributed by atoms with Gasteiger partial charge in [0.25, 0.3) is 0 Å². The minimum absolute atomic E-state index is 0.0295. The Bertz CT molecular complexity index is 570. The SMILES string of the molecule is Cc1csc(CN2CC(CO)Oc3ccccc32)n1. The second-order valence-electron chi connectivity index (χ2n) is 4.65. The lowest BCUT2D eigenvalue weighted by molar-refractivity contribution is 0.112. The van der Waals surface area contributed by atoms with Crippen LogP contribution >= 0.6 is 11.3 Å². The van der Waals surface area contributed by atoms with Crippen molar-refractivity contribution in [1.29, 1.82) is 0 Å². The zero-order chi connectivity index (χ0) is 13.2. The average molecular weight is 276 g/mol. The number of aliphatic hydroxyl groups is 1. The van der Waals surface area contributed by atoms with Gasteiger partial charge in [-0.1, -0.05) is 12.1 Å². The van der Waals surface area contributed by atoms with E-state index in [9.17, 15) is 5.11 Å². The van der Waals surface area contributed by atoms with E-state index in [1.165, 1.54) is 0 Å². The average Bonchev–Trinajstić information content (AvgIpc) is 2.84. The lowest BCUT2D eigenvalue weighted by atomic mass is 10.2. The molecular weight excluding hydrogens is 260 g/mol. The summed E-state index contributed by atoms with van der Waals surface area (Å²) < 4.78 is 5.75. The third-order valence-electron chi connectivity index (χ3n) is 3.12. The van der Waals surface area contributed by atoms with Gasteiger partial charge >= 0.3 is 0 Å². The molecule has 0 radical (unpaired) electrons. The Morgan fingerprint density at radius 1 is 1.47 bits per heavy atom. The molecule has 0 bridgehead atoms. The molecule has 0 saturated carbocycles. The van der Waals surface area contributed by atoms with Crippen LogP contribution in [0.15, 0.2) is 29.6 Å². The molecule has 0 amide bonds. The molecule has 0 saturated heterocycles. The molecule has 5 heteroatoms. The maximum absolute atomic E-state index is 9.34. The number of aliphatic hydroxyl groups excluding tert-OH is 1. The minimum atomic E-state index is -0.170. The fraction of sp³-hybridized carbons (Fsp3) is 0.357. The van der Waals surface area contributed by atoms with Gasteiger partial charge in [0.15, 0.2) is 0 Å². The molecule has 1 aliphatic rings. The van der Waals surface area contributed by atoms with E-state index < -0.39 is 0 Å². The number of fused-ring (bicyclic) bond motifs is 1. The molecule has 1 N–H and O–H groups in total. The van der Waals surface area contributed by atoms with Crippen LogP contribution in [0.25, 0.3) is 0 Å². The van der Waals surface area contributed by atoms with E-state index >= 15 is 0 Å². The maximum Gasteiger partial charge on any atom is 0.143 e. The number of hydrogen-bond donors (Lipinski definition) is 1. The fourth-order valence-electron chi connectivity index (χ4n) is 2.26. The summed E-state index contributed by atoms with van der Waals surface area (Å²) in [6.45, 7) is 3.48. The normalized spacial score (nSPS) is 18.0. The van der Waals surface area contributed by atoms with Gasteiger partial charge in [0.1, 0.15) is 16.9 Å². The van der Waals surface area contributed by atoms with Crippen molar-refractivity contribution in [3.8, 4) is 5.75 Å². The fourth-order valence-corrected chi connectivity index (χ4v) is 3.05. The number of hydrogen-bond acceptors (Lipinski definition) is 5. The molecular formula is C14H16N2O2S. The van der Waals surface area contributed by atoms with Crippen molar-refractivity contribution in [1.82, 2.24) is 4.98 Å². The molecule has 2 heterocycles. The molecule has 1 atom stereocenters. The quantitative estimate of drug-likeness (QED) is 0.933. The number of rotatable bonds is 3. The molecule has 0 fully saturated rings. The van der Waals surface area contributed by atoms with Crippen LogP contribution in [-0.2, 0) is 6.54 Å². The Balaban J connectivity index is 1.87. The van der Waals surface area contributed by atoms with E-state index in [0.717, 1.165) is 28.7 Å². The van der Waals surface area contributed by atoms with Gasteiger partial charge in [-0.3, -0.25) is 0 Å². The number of anilines is 1. The van der Waals surface area contributed by atoms with Crippen molar-refractivity contribution in [3.05, 3.63) is 40.3 Å². The van der Waals surface area contributed by atoms with Gasteiger partial charge in [-0.2, -0.15) is 0 Å². The van der Waals surface area contributed by atoms with Gasteiger partial charge in [-0.25, -0.2) is 4.98 Å². The molecule has 1 aromatic heterocycles. The predicted molar refractivity (Wildman–Crippen MR) is 75.8 cm³/mol. The minimum Gasteiger partial charge on any atom is -0.484 e. The van der Waals surface area contributed by atoms with Crippen LogP contribution in [0.2, 0.25) is 0 Å². The summed E-state index contributed by atoms with van der Waals surface area (Å²) >= 11 is 1.67. The van der Waals surface area contributed by atoms with E-state index in [4.69, 9.17) is 4.74 Å². The van der Waals surface area contributed by atoms with Gasteiger partial charge in [-0.05, 0) is 19.1 Å². The second kappa shape index (κ2) is 5.19. The van der Waals surface area contributed by atoms with Gasteiger partial charge in [0.2, 0.25) is 0 Å². The summed E-state index contributed by atoms with van der Waals surface area (Å²) in [7, 11) is 0. The number of thiazole rings is 1. The monoisotopic (exact) mass is 276 g/mol. The van der Waals surface area contributed by atoms with E-state index in [1.54, 1.807) is 11.3 Å². The number of ether oxygens (including phenoxy) is 1. The first-order chi connectivity index (χ1) is 9.26. The zero-order valence-corrected chi connectivity index (χ0v) is 11.6. The first-order valence-electron chi connectivity index (χ1n) is 6.29. The highest BCUT2D eigenvalue weighted by molar-refractivity contribution is 7.09. The highest BCUT2D eigenvalue weighted by Crippen LogP contribution is 2.34. The van der Waals surface area contributed by atoms with Crippen LogP contribution in [-0.4, -0.2) is 29.3 Å². The Hall–Kier alpha value is -1.59. The Labute approximate surface area is 116 Å². The second-order valence-corrected chi connectivity index (χ2v) is 5.60. The number of para-hydroxylation sites is 2. The van der Waals surface area contributed by atoms with Crippen LogP contribution in [0.3, 0.4) is 0 Å². The van der Waals surface area contributed by atoms with Crippen molar-refractivity contribution in [2.24, 2.45) is 0 Å². The number of aromatic nitrogens is 1. The van der Waals surface area contributed by atoms with Crippen molar-refractivity contribution >= 4 is 17.0 Å². The number of benzene rings is 1. The summed E-state index contributed by atoms with van der Waals surface area (Å²) in [6, 6.07) is 7.94. The predicted octanol–water partition coefficient (Wildman–Crippen LogP) is 2.21. The first kappa shape index (κ1) is 12.4. The summed E-state index contributed by atoms with van der Waals surface area (Å²) in [5, 5.41) is 12.5. The number of aryl methyl sites for hydroxylation is 1. The molecule has 2 aromatic rings. The number of nitrogens with zero attached hydrogens (tertiary/aromatic N) is 2. The summed E-state index contributed by atoms with van der Waals surface area (Å²) in [5.41, 5.74) is 2.13. The van der Waals surface area contributed by atoms with Crippen LogP contribution in [0.4, 0.5) is 5.69 Å². The lowest BCUT2D eigenvalue weighted by Gasteiger charge is -2.35. The van der Waals surface area contributed by atoms with E-state index in [1.807, 2.05) is 31.2 Å². The third kappa shape index (κ3) is 2.57. The van der Waals surface area contributed by atoms with Gasteiger partial charge in [-0.15, -0.1) is 11.3 Å². The van der Waals surface area contributed by atoms with E-state index in [2.05, 4.69) is 15.3 Å². The molecule has 100 valence electrons. The van der Waals surface area contributed by atoms with Gasteiger partial charge < -0.3 is 14.7 Å². The largest absolute Gasteiger partial charge is 0.484 e. The Morgan fingerprint density at radius 3 is 3.05 bits per heavy atom. The van der Waals surface area contributed by atoms with Crippen LogP contribution < -0.4 is 9.64 Å². The molecule has 1 aliphatic heterocycles. The molecule has 4 nitrogen and oxygen atoms in total. The maximum atomic E-state index is 9.34. The molecule has 1 aromatic carbocycles. The summed E-state index contributed by atoms with van der Waals surface area (Å²) in [6.07, 6.45) is -0.170. The molecule has 1 unspecified atom stereocenters. The van der Waals surface area contributed by atoms with Gasteiger partial charge in [0, 0.05) is 11.1 Å². The Morgan fingerprint density at radius 2 is 2.32 bits per heavy atom. The Kier molecular flexibility index (Phi) is 3.40.